The Balaban J connectivity index is 1.74. The van der Waals surface area contributed by atoms with E-state index in [0.717, 1.165) is 38.0 Å². The summed E-state index contributed by atoms with van der Waals surface area (Å²) in [5.74, 6) is 1.25. The van der Waals surface area contributed by atoms with E-state index in [0.29, 0.717) is 11.8 Å². The number of nitrogens with zero attached hydrogens (tertiary/aromatic N) is 1. The Kier molecular flexibility index (Phi) is 4.96. The van der Waals surface area contributed by atoms with Crippen LogP contribution >= 0.6 is 0 Å². The third kappa shape index (κ3) is 3.96. The maximum atomic E-state index is 9.61. The van der Waals surface area contributed by atoms with Gasteiger partial charge in [0, 0.05) is 12.6 Å². The van der Waals surface area contributed by atoms with E-state index in [1.165, 1.54) is 6.42 Å². The van der Waals surface area contributed by atoms with Gasteiger partial charge in [-0.3, -0.25) is 0 Å². The fourth-order valence-corrected chi connectivity index (χ4v) is 2.52. The van der Waals surface area contributed by atoms with Crippen LogP contribution in [0.25, 0.3) is 0 Å². The summed E-state index contributed by atoms with van der Waals surface area (Å²) in [6.45, 7) is 1.71. The molecule has 1 aliphatic rings. The van der Waals surface area contributed by atoms with Crippen molar-refractivity contribution < 1.29 is 9.84 Å². The lowest BCUT2D eigenvalue weighted by Crippen LogP contribution is -2.29. The third-order valence-electron chi connectivity index (χ3n) is 3.48. The number of aromatic nitrogens is 1. The number of hydrogen-bond donors (Lipinski definition) is 2. The van der Waals surface area contributed by atoms with E-state index in [-0.39, 0.29) is 6.10 Å². The number of aliphatic hydroxyl groups excluding tert-OH is 1. The molecule has 0 saturated heterocycles. The van der Waals surface area contributed by atoms with E-state index in [2.05, 4.69) is 10.3 Å². The monoisotopic (exact) mass is 250 g/mol. The molecule has 1 aromatic rings. The van der Waals surface area contributed by atoms with E-state index in [9.17, 15) is 5.11 Å². The number of methoxy groups -OCH3 is 1. The highest BCUT2D eigenvalue weighted by Crippen LogP contribution is 2.23. The number of nitrogens with one attached hydrogen (secondary N) is 1. The molecule has 1 aromatic heterocycles. The summed E-state index contributed by atoms with van der Waals surface area (Å²) < 4.78 is 5.09. The predicted octanol–water partition coefficient (Wildman–Crippen LogP) is 1.73. The molecule has 1 fully saturated rings. The molecule has 2 unspecified atom stereocenters. The Morgan fingerprint density at radius 2 is 2.33 bits per heavy atom. The number of ether oxygens (including phenoxy) is 1. The third-order valence-corrected chi connectivity index (χ3v) is 3.48. The summed E-state index contributed by atoms with van der Waals surface area (Å²) in [4.78, 5) is 4.35. The van der Waals surface area contributed by atoms with Crippen molar-refractivity contribution in [3.8, 4) is 5.88 Å². The summed E-state index contributed by atoms with van der Waals surface area (Å²) in [5, 5.41) is 13.0. The average molecular weight is 250 g/mol. The largest absolute Gasteiger partial charge is 0.481 e. The van der Waals surface area contributed by atoms with Gasteiger partial charge in [-0.15, -0.1) is 0 Å². The molecule has 4 heteroatoms. The van der Waals surface area contributed by atoms with E-state index < -0.39 is 0 Å². The Morgan fingerprint density at radius 1 is 1.44 bits per heavy atom. The Hall–Kier alpha value is -1.13. The molecule has 18 heavy (non-hydrogen) atoms. The van der Waals surface area contributed by atoms with Crippen molar-refractivity contribution in [2.45, 2.75) is 38.3 Å². The molecule has 0 amide bonds. The van der Waals surface area contributed by atoms with Crippen LogP contribution < -0.4 is 10.1 Å². The molecule has 0 spiro atoms. The zero-order valence-electron chi connectivity index (χ0n) is 10.9. The van der Waals surface area contributed by atoms with E-state index >= 15 is 0 Å². The van der Waals surface area contributed by atoms with Crippen LogP contribution in [0.4, 0.5) is 0 Å². The average Bonchev–Trinajstić information content (AvgIpc) is 2.39. The van der Waals surface area contributed by atoms with Crippen molar-refractivity contribution in [2.75, 3.05) is 13.7 Å². The molecule has 0 bridgehead atoms. The molecule has 4 nitrogen and oxygen atoms in total. The Morgan fingerprint density at radius 3 is 3.11 bits per heavy atom. The van der Waals surface area contributed by atoms with Crippen molar-refractivity contribution in [3.05, 3.63) is 23.9 Å². The van der Waals surface area contributed by atoms with Crippen LogP contribution in [0.15, 0.2) is 18.2 Å². The summed E-state index contributed by atoms with van der Waals surface area (Å²) >= 11 is 0. The summed E-state index contributed by atoms with van der Waals surface area (Å²) in [5.41, 5.74) is 0.991. The van der Waals surface area contributed by atoms with Crippen LogP contribution in [0.2, 0.25) is 0 Å². The lowest BCUT2D eigenvalue weighted by molar-refractivity contribution is 0.101. The van der Waals surface area contributed by atoms with E-state index in [1.807, 2.05) is 18.2 Å². The quantitative estimate of drug-likeness (QED) is 0.835. The first-order chi connectivity index (χ1) is 8.78. The van der Waals surface area contributed by atoms with Gasteiger partial charge in [-0.2, -0.15) is 0 Å². The topological polar surface area (TPSA) is 54.4 Å². The van der Waals surface area contributed by atoms with Crippen molar-refractivity contribution in [2.24, 2.45) is 5.92 Å². The van der Waals surface area contributed by atoms with Crippen molar-refractivity contribution in [1.82, 2.24) is 10.3 Å². The van der Waals surface area contributed by atoms with Gasteiger partial charge >= 0.3 is 0 Å². The molecule has 0 radical (unpaired) electrons. The number of hydrogen-bond acceptors (Lipinski definition) is 4. The highest BCUT2D eigenvalue weighted by Gasteiger charge is 2.19. The second-order valence-electron chi connectivity index (χ2n) is 4.99. The van der Waals surface area contributed by atoms with Gasteiger partial charge in [0.2, 0.25) is 5.88 Å². The molecule has 100 valence electrons. The molecular weight excluding hydrogens is 228 g/mol. The first-order valence-corrected chi connectivity index (χ1v) is 6.66. The fraction of sp³-hybridized carbons (Fsp3) is 0.643. The normalized spacial score (nSPS) is 23.9. The standard InChI is InChI=1S/C14H22N2O2/c1-18-14-7-3-5-12(16-14)10-15-9-11-4-2-6-13(17)8-11/h3,5,7,11,13,15,17H,2,4,6,8-10H2,1H3. The molecule has 0 aromatic carbocycles. The van der Waals surface area contributed by atoms with E-state index in [1.54, 1.807) is 7.11 Å². The first-order valence-electron chi connectivity index (χ1n) is 6.66. The van der Waals surface area contributed by atoms with Gasteiger partial charge in [0.15, 0.2) is 0 Å². The lowest BCUT2D eigenvalue weighted by atomic mass is 9.87. The molecule has 0 aliphatic heterocycles. The van der Waals surface area contributed by atoms with Gasteiger partial charge in [0.05, 0.1) is 18.9 Å². The minimum absolute atomic E-state index is 0.0968. The molecule has 1 aliphatic carbocycles. The molecular formula is C14H22N2O2. The van der Waals surface area contributed by atoms with Crippen molar-refractivity contribution in [3.63, 3.8) is 0 Å². The van der Waals surface area contributed by atoms with Gasteiger partial charge in [-0.05, 0) is 37.8 Å². The van der Waals surface area contributed by atoms with Crippen LogP contribution in [0.1, 0.15) is 31.4 Å². The van der Waals surface area contributed by atoms with Crippen LogP contribution in [0.3, 0.4) is 0 Å². The van der Waals surface area contributed by atoms with Gasteiger partial charge in [0.1, 0.15) is 0 Å². The number of rotatable bonds is 5. The molecule has 2 atom stereocenters. The van der Waals surface area contributed by atoms with Crippen LogP contribution in [-0.4, -0.2) is 29.8 Å². The Labute approximate surface area is 108 Å². The second-order valence-corrected chi connectivity index (χ2v) is 4.99. The first kappa shape index (κ1) is 13.3. The zero-order valence-corrected chi connectivity index (χ0v) is 10.9. The molecule has 1 saturated carbocycles. The number of pyridine rings is 1. The lowest BCUT2D eigenvalue weighted by Gasteiger charge is -2.25. The summed E-state index contributed by atoms with van der Waals surface area (Å²) in [7, 11) is 1.63. The van der Waals surface area contributed by atoms with Gasteiger partial charge in [-0.1, -0.05) is 12.5 Å². The van der Waals surface area contributed by atoms with Crippen LogP contribution in [0.5, 0.6) is 5.88 Å². The predicted molar refractivity (Wildman–Crippen MR) is 70.5 cm³/mol. The van der Waals surface area contributed by atoms with Crippen molar-refractivity contribution in [1.29, 1.82) is 0 Å². The molecule has 2 rings (SSSR count). The minimum atomic E-state index is -0.0968. The van der Waals surface area contributed by atoms with Gasteiger partial charge in [-0.25, -0.2) is 4.98 Å². The molecule has 2 N–H and O–H groups in total. The smallest absolute Gasteiger partial charge is 0.213 e. The summed E-state index contributed by atoms with van der Waals surface area (Å²) in [6.07, 6.45) is 4.16. The van der Waals surface area contributed by atoms with Gasteiger partial charge in [0.25, 0.3) is 0 Å². The zero-order chi connectivity index (χ0) is 12.8. The maximum Gasteiger partial charge on any atom is 0.213 e. The SMILES string of the molecule is COc1cccc(CNCC2CCCC(O)C2)n1. The van der Waals surface area contributed by atoms with Crippen LogP contribution in [-0.2, 0) is 6.54 Å². The maximum absolute atomic E-state index is 9.61. The van der Waals surface area contributed by atoms with E-state index in [4.69, 9.17) is 4.74 Å². The highest BCUT2D eigenvalue weighted by atomic mass is 16.5. The number of aliphatic hydroxyl groups is 1. The fourth-order valence-electron chi connectivity index (χ4n) is 2.52. The molecule has 1 heterocycles. The van der Waals surface area contributed by atoms with Gasteiger partial charge < -0.3 is 15.2 Å². The van der Waals surface area contributed by atoms with Crippen molar-refractivity contribution >= 4 is 0 Å². The highest BCUT2D eigenvalue weighted by molar-refractivity contribution is 5.15. The summed E-state index contributed by atoms with van der Waals surface area (Å²) in [6, 6.07) is 5.79. The Bertz CT molecular complexity index is 371. The second kappa shape index (κ2) is 6.71. The van der Waals surface area contributed by atoms with Crippen LogP contribution in [0, 0.1) is 5.92 Å². The minimum Gasteiger partial charge on any atom is -0.481 e.